The molecule has 597 valence electrons. The van der Waals surface area contributed by atoms with Gasteiger partial charge in [-0.1, -0.05) is 294 Å². The van der Waals surface area contributed by atoms with Crippen molar-refractivity contribution in [3.63, 3.8) is 0 Å². The van der Waals surface area contributed by atoms with E-state index in [9.17, 15) is 0 Å². The Morgan fingerprint density at radius 2 is 0.696 bits per heavy atom. The number of aromatic amines is 1. The molecule has 0 aliphatic heterocycles. The largest absolute Gasteiger partial charge is 0.569 e. The highest BCUT2D eigenvalue weighted by Crippen LogP contribution is 2.48. The third kappa shape index (κ3) is 14.6. The molecule has 19 aromatic carbocycles. The topological polar surface area (TPSA) is 60.0 Å². The molecule has 0 spiro atoms. The van der Waals surface area contributed by atoms with Crippen LogP contribution in [0.5, 0.6) is 5.75 Å². The molecule has 13 heteroatoms. The van der Waals surface area contributed by atoms with Gasteiger partial charge in [0.25, 0.3) is 0 Å². The number of hydrogen-bond acceptors (Lipinski definition) is 5. The Balaban J connectivity index is 0.000000107. The van der Waals surface area contributed by atoms with Crippen LogP contribution in [0.1, 0.15) is 13.8 Å². The second-order valence-electron chi connectivity index (χ2n) is 30.5. The number of aromatic nitrogens is 4. The predicted molar refractivity (Wildman–Crippen MR) is 557 cm³/mol. The van der Waals surface area contributed by atoms with Gasteiger partial charge in [0.2, 0.25) is 0 Å². The maximum absolute atomic E-state index is 8.74. The van der Waals surface area contributed by atoms with E-state index in [0.29, 0.717) is 5.75 Å². The molecular formula is C112H75BBr2IN4O2S3. The number of hydrogen-bond donors (Lipinski definition) is 2. The van der Waals surface area contributed by atoms with Gasteiger partial charge in [0.15, 0.2) is 0 Å². The van der Waals surface area contributed by atoms with E-state index in [1.54, 1.807) is 11.3 Å². The van der Waals surface area contributed by atoms with E-state index in [4.69, 9.17) is 9.68 Å². The minimum atomic E-state index is 0.692. The number of thiophene rings is 3. The minimum Gasteiger partial charge on any atom is -0.537 e. The number of fused-ring (bicyclic) bond motifs is 25. The van der Waals surface area contributed by atoms with Crippen LogP contribution in [0.15, 0.2) is 415 Å². The lowest BCUT2D eigenvalue weighted by Gasteiger charge is -2.12. The number of nitrogens with one attached hydrogen (secondary N) is 1. The van der Waals surface area contributed by atoms with Crippen molar-refractivity contribution in [3.05, 3.63) is 419 Å². The first-order valence-corrected chi connectivity index (χ1v) is 46.8. The normalized spacial score (nSPS) is 11.4. The molecule has 0 saturated carbocycles. The fourth-order valence-corrected chi connectivity index (χ4v) is 23.4. The van der Waals surface area contributed by atoms with Crippen molar-refractivity contribution in [1.29, 1.82) is 0 Å². The highest BCUT2D eigenvalue weighted by molar-refractivity contribution is 14.1. The fraction of sp³-hybridized carbons (Fsp3) is 0.0179. The summed E-state index contributed by atoms with van der Waals surface area (Å²) < 4.78 is 23.7. The van der Waals surface area contributed by atoms with Gasteiger partial charge in [-0.05, 0) is 224 Å². The SMILES string of the molecule is Brc1cccc(-c2cccc3sc4ccccc4c23)c1.Brc1cccc(I)c1.CC.O[B]Oc1cccc2sc3ccccc3c12.c1ccc(-n2c3cc4[nH]c5ccccc5c4cc3c3c4ccccc4ccc32)cc1.c1ccc(-n2c3cc4c(cc3c3c5ccccc5ccc32)c2ccccc2n4-c2cccc(-c3cccc4sc5ccccc5c34)c2)cc1. The van der Waals surface area contributed by atoms with Gasteiger partial charge in [0.05, 0.1) is 33.1 Å². The van der Waals surface area contributed by atoms with E-state index in [1.807, 2.05) is 72.9 Å². The van der Waals surface area contributed by atoms with Crippen molar-refractivity contribution in [1.82, 2.24) is 18.7 Å². The molecule has 125 heavy (non-hydrogen) atoms. The summed E-state index contributed by atoms with van der Waals surface area (Å²) >= 11 is 14.7. The zero-order valence-corrected chi connectivity index (χ0v) is 75.6. The van der Waals surface area contributed by atoms with E-state index in [2.05, 4.69) is 443 Å². The van der Waals surface area contributed by atoms with Gasteiger partial charge in [-0.2, -0.15) is 0 Å². The Labute approximate surface area is 764 Å². The summed E-state index contributed by atoms with van der Waals surface area (Å²) in [6.45, 7) is 4.00. The minimum absolute atomic E-state index is 0.692. The van der Waals surface area contributed by atoms with Crippen molar-refractivity contribution in [2.24, 2.45) is 0 Å². The Morgan fingerprint density at radius 3 is 1.25 bits per heavy atom. The molecule has 0 aliphatic rings. The summed E-state index contributed by atoms with van der Waals surface area (Å²) in [6, 6.07) is 145. The number of halogens is 3. The number of rotatable bonds is 7. The second-order valence-corrected chi connectivity index (χ2v) is 36.9. The average Bonchev–Trinajstić information content (AvgIpc) is 1.55. The molecule has 26 aromatic rings. The maximum atomic E-state index is 8.74. The molecule has 0 unspecified atom stereocenters. The molecule has 0 bridgehead atoms. The lowest BCUT2D eigenvalue weighted by Crippen LogP contribution is -1.99. The van der Waals surface area contributed by atoms with Crippen LogP contribution in [0.4, 0.5) is 0 Å². The smallest absolute Gasteiger partial charge is 0.537 e. The van der Waals surface area contributed by atoms with E-state index >= 15 is 0 Å². The molecule has 0 amide bonds. The predicted octanol–water partition coefficient (Wildman–Crippen LogP) is 34.2. The summed E-state index contributed by atoms with van der Waals surface area (Å²) in [4.78, 5) is 3.62. The third-order valence-electron chi connectivity index (χ3n) is 23.4. The van der Waals surface area contributed by atoms with Gasteiger partial charge in [0.1, 0.15) is 5.75 Å². The van der Waals surface area contributed by atoms with Crippen molar-refractivity contribution in [2.75, 3.05) is 0 Å². The lowest BCUT2D eigenvalue weighted by molar-refractivity contribution is 0.457. The van der Waals surface area contributed by atoms with Gasteiger partial charge in [-0.3, -0.25) is 0 Å². The Hall–Kier alpha value is -12.9. The molecule has 26 rings (SSSR count). The Bertz CT molecular complexity index is 8600. The van der Waals surface area contributed by atoms with Gasteiger partial charge in [-0.15, -0.1) is 34.0 Å². The molecule has 0 fully saturated rings. The summed E-state index contributed by atoms with van der Waals surface area (Å²) in [5.74, 6) is 0.692. The molecule has 7 heterocycles. The van der Waals surface area contributed by atoms with Crippen LogP contribution in [0, 0.1) is 3.57 Å². The van der Waals surface area contributed by atoms with Crippen molar-refractivity contribution in [2.45, 2.75) is 13.8 Å². The summed E-state index contributed by atoms with van der Waals surface area (Å²) in [6.07, 6.45) is 0. The fourth-order valence-electron chi connectivity index (χ4n) is 18.2. The van der Waals surface area contributed by atoms with Crippen molar-refractivity contribution < 1.29 is 9.68 Å². The zero-order chi connectivity index (χ0) is 84.2. The molecule has 0 atom stereocenters. The van der Waals surface area contributed by atoms with Crippen LogP contribution in [0.3, 0.4) is 0 Å². The first-order valence-electron chi connectivity index (χ1n) is 41.7. The first kappa shape index (κ1) is 79.3. The van der Waals surface area contributed by atoms with Crippen LogP contribution < -0.4 is 4.65 Å². The highest BCUT2D eigenvalue weighted by Gasteiger charge is 2.23. The molecule has 0 saturated heterocycles. The number of H-pyrrole nitrogens is 1. The Morgan fingerprint density at radius 1 is 0.280 bits per heavy atom. The quantitative estimate of drug-likeness (QED) is 0.123. The number of benzene rings is 19. The van der Waals surface area contributed by atoms with Crippen LogP contribution in [0.25, 0.3) is 209 Å². The van der Waals surface area contributed by atoms with E-state index in [-0.39, 0.29) is 0 Å². The van der Waals surface area contributed by atoms with Crippen molar-refractivity contribution in [3.8, 4) is 45.1 Å². The number of para-hydroxylation sites is 4. The van der Waals surface area contributed by atoms with Gasteiger partial charge in [-0.25, -0.2) is 0 Å². The standard InChI is InChI=1S/C46H28N2S.C28H18N2.C18H11BrS.C12H8BO2S.C6H4BrI.C2H6/c1-2-14-31(15-3-1)47-40-25-24-29-12-4-5-17-33(29)45(40)38-27-37-35-18-6-8-21-39(35)48(41(37)28-42(38)47)32-16-10-13-30(26-32)34-20-11-23-44-46(34)36-19-7-9-22-43(36)49-44;1-2-9-19(10-3-1)30-26-15-14-18-8-4-5-11-20(18)28(26)23-16-22-21-12-6-7-13-24(21)29-25(22)17-27(23)30;19-13-6-3-5-12(11-13)14-8-4-10-17-18(14)15-7-1-2-9-16(15)20-17;14-13-15-9-5-3-7-11-12(9)8-4-1-2-6-10(8)16-11;7-5-2-1-3-6(8)4-5;1-2/h1-28H;1-17,29H;1-11H;1-7,14H;1-4H;1-2H3. The summed E-state index contributed by atoms with van der Waals surface area (Å²) in [5.41, 5.74) is 18.2. The summed E-state index contributed by atoms with van der Waals surface area (Å²) in [7, 11) is 0.723. The van der Waals surface area contributed by atoms with Gasteiger partial charge < -0.3 is 28.4 Å². The second kappa shape index (κ2) is 34.3. The zero-order valence-electron chi connectivity index (χ0n) is 67.8. The molecule has 1 radical (unpaired) electrons. The molecule has 2 N–H and O–H groups in total. The van der Waals surface area contributed by atoms with E-state index in [1.165, 1.54) is 195 Å². The van der Waals surface area contributed by atoms with Gasteiger partial charge in [0, 0.05) is 144 Å². The molecular weight excluding hydrogens is 1830 g/mol. The number of nitrogens with zero attached hydrogens (tertiary/aromatic N) is 3. The van der Waals surface area contributed by atoms with Crippen LogP contribution >= 0.6 is 88.5 Å². The molecule has 0 aliphatic carbocycles. The van der Waals surface area contributed by atoms with E-state index in [0.717, 1.165) is 33.4 Å². The van der Waals surface area contributed by atoms with Crippen LogP contribution in [-0.4, -0.2) is 31.4 Å². The average molecular weight is 1900 g/mol. The Kier molecular flexibility index (Phi) is 21.8. The molecule has 6 nitrogen and oxygen atoms in total. The highest BCUT2D eigenvalue weighted by atomic mass is 127. The van der Waals surface area contributed by atoms with E-state index < -0.39 is 0 Å². The monoisotopic (exact) mass is 1900 g/mol. The van der Waals surface area contributed by atoms with Crippen LogP contribution in [-0.2, 0) is 0 Å². The lowest BCUT2D eigenvalue weighted by atomic mass is 9.99. The summed E-state index contributed by atoms with van der Waals surface area (Å²) in [5, 5.41) is 31.7. The molecule has 7 aromatic heterocycles. The maximum Gasteiger partial charge on any atom is 0.569 e. The van der Waals surface area contributed by atoms with Crippen molar-refractivity contribution >= 4 is 265 Å². The third-order valence-corrected chi connectivity index (χ3v) is 28.5. The van der Waals surface area contributed by atoms with Crippen LogP contribution in [0.2, 0.25) is 0 Å². The van der Waals surface area contributed by atoms with Gasteiger partial charge >= 0.3 is 7.69 Å². The first-order chi connectivity index (χ1) is 61.7.